The number of hydrogen-bond donors (Lipinski definition) is 2. The molecule has 10 heteroatoms. The lowest BCUT2D eigenvalue weighted by molar-refractivity contribution is -0.384. The first kappa shape index (κ1) is 19.5. The van der Waals surface area contributed by atoms with E-state index < -0.39 is 23.4 Å². The number of rotatable bonds is 7. The molecule has 0 spiro atoms. The van der Waals surface area contributed by atoms with Crippen molar-refractivity contribution in [1.29, 1.82) is 0 Å². The summed E-state index contributed by atoms with van der Waals surface area (Å²) in [6.07, 6.45) is 0. The molecule has 2 aromatic carbocycles. The summed E-state index contributed by atoms with van der Waals surface area (Å²) in [5.74, 6) is -1.50. The van der Waals surface area contributed by atoms with Crippen LogP contribution in [0.25, 0.3) is 0 Å². The first-order valence-corrected chi connectivity index (χ1v) is 7.52. The van der Waals surface area contributed by atoms with Crippen LogP contribution in [0.2, 0.25) is 0 Å². The van der Waals surface area contributed by atoms with Crippen LogP contribution in [0.4, 0.5) is 11.4 Å². The second kappa shape index (κ2) is 8.52. The highest BCUT2D eigenvalue weighted by Gasteiger charge is 2.19. The van der Waals surface area contributed by atoms with E-state index in [1.807, 2.05) is 0 Å². The number of amides is 1. The lowest BCUT2D eigenvalue weighted by Gasteiger charge is -2.09. The van der Waals surface area contributed by atoms with Gasteiger partial charge in [0, 0.05) is 6.07 Å². The number of carbonyl (C=O) groups excluding carboxylic acids is 2. The molecule has 0 heterocycles. The number of nitro groups is 1. The Morgan fingerprint density at radius 2 is 1.74 bits per heavy atom. The minimum absolute atomic E-state index is 0.0749. The highest BCUT2D eigenvalue weighted by atomic mass is 16.6. The molecule has 0 aliphatic rings. The third kappa shape index (κ3) is 4.84. The number of esters is 1. The number of hydrogen-bond acceptors (Lipinski definition) is 8. The SMILES string of the molecule is COc1ccc(C(=O)OCC(=O)Nc2ccc(OC)cc2[N+](=O)[O-])c(O)c1. The van der Waals surface area contributed by atoms with Gasteiger partial charge in [0.25, 0.3) is 11.6 Å². The maximum atomic E-state index is 12.0. The number of phenolic OH excluding ortho intramolecular Hbond substituents is 1. The van der Waals surface area contributed by atoms with Gasteiger partial charge in [0.05, 0.1) is 25.2 Å². The zero-order chi connectivity index (χ0) is 20.0. The number of nitrogens with zero attached hydrogens (tertiary/aromatic N) is 1. The Bertz CT molecular complexity index is 881. The van der Waals surface area contributed by atoms with E-state index in [4.69, 9.17) is 14.2 Å². The summed E-state index contributed by atoms with van der Waals surface area (Å²) in [7, 11) is 2.75. The molecule has 142 valence electrons. The molecule has 0 saturated carbocycles. The normalized spacial score (nSPS) is 10.0. The monoisotopic (exact) mass is 376 g/mol. The van der Waals surface area contributed by atoms with E-state index in [1.54, 1.807) is 0 Å². The molecule has 0 radical (unpaired) electrons. The summed E-state index contributed by atoms with van der Waals surface area (Å²) >= 11 is 0. The molecule has 2 aromatic rings. The average molecular weight is 376 g/mol. The fraction of sp³-hybridized carbons (Fsp3) is 0.176. The summed E-state index contributed by atoms with van der Waals surface area (Å²) < 4.78 is 14.6. The topological polar surface area (TPSA) is 137 Å². The summed E-state index contributed by atoms with van der Waals surface area (Å²) in [4.78, 5) is 34.3. The fourth-order valence-electron chi connectivity index (χ4n) is 2.10. The number of ether oxygens (including phenoxy) is 3. The van der Waals surface area contributed by atoms with Gasteiger partial charge in [-0.1, -0.05) is 0 Å². The molecule has 0 aromatic heterocycles. The van der Waals surface area contributed by atoms with Crippen LogP contribution in [-0.4, -0.2) is 42.7 Å². The number of nitro benzene ring substituents is 1. The maximum Gasteiger partial charge on any atom is 0.342 e. The van der Waals surface area contributed by atoms with Crippen LogP contribution in [0.1, 0.15) is 10.4 Å². The van der Waals surface area contributed by atoms with Crippen LogP contribution in [-0.2, 0) is 9.53 Å². The van der Waals surface area contributed by atoms with Crippen LogP contribution < -0.4 is 14.8 Å². The zero-order valence-corrected chi connectivity index (χ0v) is 14.4. The van der Waals surface area contributed by atoms with E-state index in [9.17, 15) is 24.8 Å². The van der Waals surface area contributed by atoms with Gasteiger partial charge in [0.15, 0.2) is 6.61 Å². The molecule has 2 rings (SSSR count). The predicted molar refractivity (Wildman–Crippen MR) is 93.2 cm³/mol. The molecule has 0 atom stereocenters. The summed E-state index contributed by atoms with van der Waals surface area (Å²) in [5.41, 5.74) is -0.602. The van der Waals surface area contributed by atoms with Crippen molar-refractivity contribution in [3.8, 4) is 17.2 Å². The highest BCUT2D eigenvalue weighted by molar-refractivity contribution is 5.97. The minimum Gasteiger partial charge on any atom is -0.507 e. The summed E-state index contributed by atoms with van der Waals surface area (Å²) in [6, 6.07) is 7.82. The average Bonchev–Trinajstić information content (AvgIpc) is 2.66. The summed E-state index contributed by atoms with van der Waals surface area (Å²) in [6.45, 7) is -0.701. The molecule has 0 bridgehead atoms. The largest absolute Gasteiger partial charge is 0.507 e. The van der Waals surface area contributed by atoms with Gasteiger partial charge in [0.1, 0.15) is 28.5 Å². The fourth-order valence-corrected chi connectivity index (χ4v) is 2.10. The minimum atomic E-state index is -0.936. The van der Waals surface area contributed by atoms with Gasteiger partial charge in [-0.2, -0.15) is 0 Å². The first-order valence-electron chi connectivity index (χ1n) is 7.52. The van der Waals surface area contributed by atoms with E-state index in [0.29, 0.717) is 5.75 Å². The molecule has 0 fully saturated rings. The van der Waals surface area contributed by atoms with Gasteiger partial charge >= 0.3 is 5.97 Å². The number of benzene rings is 2. The summed E-state index contributed by atoms with van der Waals surface area (Å²) in [5, 5.41) is 23.1. The number of phenols is 1. The predicted octanol–water partition coefficient (Wildman–Crippen LogP) is 2.11. The number of nitrogens with one attached hydrogen (secondary N) is 1. The molecule has 27 heavy (non-hydrogen) atoms. The third-order valence-corrected chi connectivity index (χ3v) is 3.43. The van der Waals surface area contributed by atoms with Crippen LogP contribution in [0.5, 0.6) is 17.2 Å². The Kier molecular flexibility index (Phi) is 6.15. The molecular formula is C17H16N2O8. The molecule has 0 aliphatic heterocycles. The first-order chi connectivity index (χ1) is 12.8. The lowest BCUT2D eigenvalue weighted by atomic mass is 10.2. The standard InChI is InChI=1S/C17H16N2O8/c1-25-10-4-6-13(14(7-10)19(23)24)18-16(21)9-27-17(22)12-5-3-11(26-2)8-15(12)20/h3-8,20H,9H2,1-2H3,(H,18,21). The Morgan fingerprint density at radius 3 is 2.33 bits per heavy atom. The van der Waals surface area contributed by atoms with Crippen molar-refractivity contribution in [2.75, 3.05) is 26.1 Å². The van der Waals surface area contributed by atoms with Crippen LogP contribution in [0.15, 0.2) is 36.4 Å². The van der Waals surface area contributed by atoms with Crippen molar-refractivity contribution in [2.24, 2.45) is 0 Å². The van der Waals surface area contributed by atoms with Crippen molar-refractivity contribution in [3.05, 3.63) is 52.1 Å². The molecule has 0 aliphatic carbocycles. The van der Waals surface area contributed by atoms with Gasteiger partial charge in [-0.3, -0.25) is 14.9 Å². The van der Waals surface area contributed by atoms with Gasteiger partial charge in [-0.05, 0) is 24.3 Å². The molecular weight excluding hydrogens is 360 g/mol. The zero-order valence-electron chi connectivity index (χ0n) is 14.4. The molecule has 10 nitrogen and oxygen atoms in total. The third-order valence-electron chi connectivity index (χ3n) is 3.43. The Hall–Kier alpha value is -3.82. The van der Waals surface area contributed by atoms with E-state index in [1.165, 1.54) is 44.6 Å². The van der Waals surface area contributed by atoms with Crippen molar-refractivity contribution < 1.29 is 33.8 Å². The number of aromatic hydroxyl groups is 1. The molecule has 1 amide bonds. The van der Waals surface area contributed by atoms with Crippen molar-refractivity contribution in [3.63, 3.8) is 0 Å². The maximum absolute atomic E-state index is 12.0. The molecule has 0 saturated heterocycles. The Balaban J connectivity index is 2.02. The van der Waals surface area contributed by atoms with E-state index in [-0.39, 0.29) is 28.4 Å². The van der Waals surface area contributed by atoms with Crippen molar-refractivity contribution in [1.82, 2.24) is 0 Å². The Labute approximate surface area is 153 Å². The van der Waals surface area contributed by atoms with E-state index in [0.717, 1.165) is 6.07 Å². The second-order valence-corrected chi connectivity index (χ2v) is 5.15. The van der Waals surface area contributed by atoms with Gasteiger partial charge in [-0.15, -0.1) is 0 Å². The number of carbonyl (C=O) groups is 2. The van der Waals surface area contributed by atoms with Crippen molar-refractivity contribution >= 4 is 23.3 Å². The lowest BCUT2D eigenvalue weighted by Crippen LogP contribution is -2.21. The van der Waals surface area contributed by atoms with E-state index >= 15 is 0 Å². The molecule has 0 unspecified atom stereocenters. The van der Waals surface area contributed by atoms with Gasteiger partial charge in [0.2, 0.25) is 0 Å². The smallest absolute Gasteiger partial charge is 0.342 e. The second-order valence-electron chi connectivity index (χ2n) is 5.15. The van der Waals surface area contributed by atoms with E-state index in [2.05, 4.69) is 5.32 Å². The van der Waals surface area contributed by atoms with Crippen LogP contribution >= 0.6 is 0 Å². The van der Waals surface area contributed by atoms with Crippen molar-refractivity contribution in [2.45, 2.75) is 0 Å². The quantitative estimate of drug-likeness (QED) is 0.426. The van der Waals surface area contributed by atoms with Gasteiger partial charge < -0.3 is 24.6 Å². The number of methoxy groups -OCH3 is 2. The molecule has 2 N–H and O–H groups in total. The van der Waals surface area contributed by atoms with Crippen LogP contribution in [0, 0.1) is 10.1 Å². The Morgan fingerprint density at radius 1 is 1.11 bits per heavy atom. The van der Waals surface area contributed by atoms with Gasteiger partial charge in [-0.25, -0.2) is 4.79 Å². The number of anilines is 1. The highest BCUT2D eigenvalue weighted by Crippen LogP contribution is 2.29. The van der Waals surface area contributed by atoms with Crippen LogP contribution in [0.3, 0.4) is 0 Å².